The molecule has 0 bridgehead atoms. The lowest BCUT2D eigenvalue weighted by Gasteiger charge is -2.26. The van der Waals surface area contributed by atoms with Crippen LogP contribution in [0.15, 0.2) is 30.3 Å². The number of nitrogens with one attached hydrogen (secondary N) is 2. The quantitative estimate of drug-likeness (QED) is 0.605. The zero-order valence-electron chi connectivity index (χ0n) is 14.3. The molecule has 21 heavy (non-hydrogen) atoms. The molecule has 1 aromatic carbocycles. The summed E-state index contributed by atoms with van der Waals surface area (Å²) in [4.78, 5) is 3.25. The first kappa shape index (κ1) is 18.1. The first-order valence-corrected chi connectivity index (χ1v) is 8.55. The van der Waals surface area contributed by atoms with Gasteiger partial charge in [-0.25, -0.2) is 0 Å². The third-order valence-corrected chi connectivity index (χ3v) is 4.36. The van der Waals surface area contributed by atoms with E-state index in [9.17, 15) is 0 Å². The van der Waals surface area contributed by atoms with Gasteiger partial charge >= 0.3 is 0 Å². The first-order chi connectivity index (χ1) is 10.2. The van der Waals surface area contributed by atoms with Gasteiger partial charge in [-0.05, 0) is 33.3 Å². The predicted molar refractivity (Wildman–Crippen MR) is 88.8 cm³/mol. The van der Waals surface area contributed by atoms with E-state index >= 15 is 0 Å². The molecule has 0 heterocycles. The molecule has 2 N–H and O–H groups in total. The fraction of sp³-hybridized carbons (Fsp3) is 0.667. The molecule has 0 unspecified atom stereocenters. The Morgan fingerprint density at radius 2 is 1.29 bits per heavy atom. The van der Waals surface area contributed by atoms with E-state index in [0.717, 1.165) is 19.7 Å². The summed E-state index contributed by atoms with van der Waals surface area (Å²) in [6, 6.07) is 10.5. The lowest BCUT2D eigenvalue weighted by Crippen LogP contribution is -3.16. The van der Waals surface area contributed by atoms with Gasteiger partial charge in [0.2, 0.25) is 0 Å². The molecule has 1 rings (SSSR count). The maximum absolute atomic E-state index is 6.25. The van der Waals surface area contributed by atoms with Gasteiger partial charge in [0, 0.05) is 0 Å². The smallest absolute Gasteiger partial charge is 0.155 e. The number of rotatable bonds is 11. The van der Waals surface area contributed by atoms with E-state index in [-0.39, 0.29) is 0 Å². The third-order valence-electron chi connectivity index (χ3n) is 4.36. The number of hydrogen-bond donors (Lipinski definition) is 2. The summed E-state index contributed by atoms with van der Waals surface area (Å²) in [5.41, 5.74) is 1.27. The van der Waals surface area contributed by atoms with Crippen molar-refractivity contribution < 1.29 is 14.5 Å². The van der Waals surface area contributed by atoms with Crippen LogP contribution in [0.25, 0.3) is 0 Å². The van der Waals surface area contributed by atoms with Crippen LogP contribution < -0.4 is 9.80 Å². The summed E-state index contributed by atoms with van der Waals surface area (Å²) in [5, 5.41) is 0. The van der Waals surface area contributed by atoms with Gasteiger partial charge in [0.15, 0.2) is 6.10 Å². The van der Waals surface area contributed by atoms with Gasteiger partial charge in [-0.1, -0.05) is 30.3 Å². The lowest BCUT2D eigenvalue weighted by molar-refractivity contribution is -0.921. The van der Waals surface area contributed by atoms with Crippen molar-refractivity contribution in [2.75, 3.05) is 39.3 Å². The monoisotopic (exact) mass is 294 g/mol. The normalized spacial score (nSPS) is 11.8. The standard InChI is InChI=1S/C18H32N2O/c1-5-19(6-2)14-18(15-20(7-3)8-4)21-16-17-12-10-9-11-13-17/h9-13,18H,5-8,14-16H2,1-4H3/p+2. The first-order valence-electron chi connectivity index (χ1n) is 8.55. The van der Waals surface area contributed by atoms with Crippen molar-refractivity contribution in [3.63, 3.8) is 0 Å². The molecule has 0 atom stereocenters. The molecular formula is C18H34N2O+2. The maximum Gasteiger partial charge on any atom is 0.155 e. The zero-order chi connectivity index (χ0) is 15.5. The number of benzene rings is 1. The Labute approximate surface area is 130 Å². The Morgan fingerprint density at radius 1 is 0.810 bits per heavy atom. The fourth-order valence-electron chi connectivity index (χ4n) is 2.70. The highest BCUT2D eigenvalue weighted by Crippen LogP contribution is 2.02. The molecule has 0 aliphatic carbocycles. The van der Waals surface area contributed by atoms with Gasteiger partial charge in [-0.3, -0.25) is 0 Å². The minimum atomic E-state index is 0.343. The highest BCUT2D eigenvalue weighted by Gasteiger charge is 2.20. The van der Waals surface area contributed by atoms with Crippen LogP contribution >= 0.6 is 0 Å². The van der Waals surface area contributed by atoms with Crippen molar-refractivity contribution in [1.82, 2.24) is 0 Å². The second-order valence-corrected chi connectivity index (χ2v) is 5.74. The molecule has 0 saturated heterocycles. The highest BCUT2D eigenvalue weighted by atomic mass is 16.5. The van der Waals surface area contributed by atoms with Crippen LogP contribution in [0.3, 0.4) is 0 Å². The second kappa shape index (κ2) is 10.8. The molecule has 3 heteroatoms. The van der Waals surface area contributed by atoms with Crippen molar-refractivity contribution >= 4 is 0 Å². The molecule has 0 aromatic heterocycles. The van der Waals surface area contributed by atoms with Gasteiger partial charge in [0.1, 0.15) is 13.1 Å². The van der Waals surface area contributed by atoms with E-state index in [2.05, 4.69) is 58.0 Å². The van der Waals surface area contributed by atoms with Crippen molar-refractivity contribution in [3.8, 4) is 0 Å². The maximum atomic E-state index is 6.25. The SMILES string of the molecule is CC[NH+](CC)CC(C[NH+](CC)CC)OCc1ccccc1. The van der Waals surface area contributed by atoms with Gasteiger partial charge in [0.05, 0.1) is 32.8 Å². The third kappa shape index (κ3) is 7.07. The largest absolute Gasteiger partial charge is 0.362 e. The van der Waals surface area contributed by atoms with Gasteiger partial charge < -0.3 is 14.5 Å². The Balaban J connectivity index is 2.57. The molecular weight excluding hydrogens is 260 g/mol. The highest BCUT2D eigenvalue weighted by molar-refractivity contribution is 5.13. The van der Waals surface area contributed by atoms with Crippen LogP contribution in [-0.4, -0.2) is 45.4 Å². The second-order valence-electron chi connectivity index (χ2n) is 5.74. The molecule has 0 aliphatic rings. The molecule has 0 radical (unpaired) electrons. The average Bonchev–Trinajstić information content (AvgIpc) is 2.55. The number of ether oxygens (including phenoxy) is 1. The van der Waals surface area contributed by atoms with Crippen molar-refractivity contribution in [2.24, 2.45) is 0 Å². The van der Waals surface area contributed by atoms with Crippen LogP contribution in [0, 0.1) is 0 Å². The summed E-state index contributed by atoms with van der Waals surface area (Å²) in [6.07, 6.45) is 0.343. The molecule has 120 valence electrons. The molecule has 3 nitrogen and oxygen atoms in total. The Hall–Kier alpha value is -0.900. The number of quaternary nitrogens is 2. The van der Waals surface area contributed by atoms with Crippen molar-refractivity contribution in [2.45, 2.75) is 40.4 Å². The zero-order valence-corrected chi connectivity index (χ0v) is 14.3. The summed E-state index contributed by atoms with van der Waals surface area (Å²) < 4.78 is 6.25. The number of likely N-dealkylation sites (N-methyl/N-ethyl adjacent to an activating group) is 2. The molecule has 0 aliphatic heterocycles. The molecule has 0 spiro atoms. The van der Waals surface area contributed by atoms with Gasteiger partial charge in [-0.2, -0.15) is 0 Å². The van der Waals surface area contributed by atoms with Crippen molar-refractivity contribution in [1.29, 1.82) is 0 Å². The van der Waals surface area contributed by atoms with Crippen LogP contribution in [0.2, 0.25) is 0 Å². The van der Waals surface area contributed by atoms with E-state index in [0.29, 0.717) is 6.10 Å². The average molecular weight is 294 g/mol. The predicted octanol–water partition coefficient (Wildman–Crippen LogP) is 0.421. The topological polar surface area (TPSA) is 18.1 Å². The fourth-order valence-corrected chi connectivity index (χ4v) is 2.70. The summed E-state index contributed by atoms with van der Waals surface area (Å²) >= 11 is 0. The minimum Gasteiger partial charge on any atom is -0.362 e. The van der Waals surface area contributed by atoms with E-state index in [1.165, 1.54) is 31.7 Å². The van der Waals surface area contributed by atoms with Crippen LogP contribution in [0.5, 0.6) is 0 Å². The minimum absolute atomic E-state index is 0.343. The molecule has 0 fully saturated rings. The van der Waals surface area contributed by atoms with Crippen LogP contribution in [0.1, 0.15) is 33.3 Å². The van der Waals surface area contributed by atoms with Crippen LogP contribution in [-0.2, 0) is 11.3 Å². The van der Waals surface area contributed by atoms with E-state index in [1.54, 1.807) is 9.80 Å². The molecule has 0 saturated carbocycles. The van der Waals surface area contributed by atoms with Gasteiger partial charge in [0.25, 0.3) is 0 Å². The van der Waals surface area contributed by atoms with E-state index in [4.69, 9.17) is 4.74 Å². The Bertz CT molecular complexity index is 333. The summed E-state index contributed by atoms with van der Waals surface area (Å²) in [5.74, 6) is 0. The van der Waals surface area contributed by atoms with Crippen LogP contribution in [0.4, 0.5) is 0 Å². The van der Waals surface area contributed by atoms with E-state index < -0.39 is 0 Å². The molecule has 1 aromatic rings. The summed E-state index contributed by atoms with van der Waals surface area (Å²) in [7, 11) is 0. The van der Waals surface area contributed by atoms with Gasteiger partial charge in [-0.15, -0.1) is 0 Å². The number of hydrogen-bond acceptors (Lipinski definition) is 1. The lowest BCUT2D eigenvalue weighted by atomic mass is 10.2. The summed E-state index contributed by atoms with van der Waals surface area (Å²) in [6.45, 7) is 16.7. The van der Waals surface area contributed by atoms with Crippen molar-refractivity contribution in [3.05, 3.63) is 35.9 Å². The Morgan fingerprint density at radius 3 is 1.71 bits per heavy atom. The molecule has 0 amide bonds. The van der Waals surface area contributed by atoms with E-state index in [1.807, 2.05) is 0 Å². The Kier molecular flexibility index (Phi) is 9.31.